The van der Waals surface area contributed by atoms with Crippen LogP contribution in [-0.4, -0.2) is 40.0 Å². The number of hydrogen-bond donors (Lipinski definition) is 1. The van der Waals surface area contributed by atoms with Crippen molar-refractivity contribution in [1.29, 1.82) is 0 Å². The Bertz CT molecular complexity index is 613. The minimum atomic E-state index is -1.01. The molecule has 110 valence electrons. The lowest BCUT2D eigenvalue weighted by Gasteiger charge is -2.29. The van der Waals surface area contributed by atoms with Crippen LogP contribution in [0.1, 0.15) is 22.6 Å². The van der Waals surface area contributed by atoms with Crippen LogP contribution >= 0.6 is 11.3 Å². The van der Waals surface area contributed by atoms with E-state index in [9.17, 15) is 14.4 Å². The van der Waals surface area contributed by atoms with E-state index in [1.807, 2.05) is 0 Å². The van der Waals surface area contributed by atoms with E-state index < -0.39 is 18.2 Å². The van der Waals surface area contributed by atoms with Crippen molar-refractivity contribution in [2.45, 2.75) is 31.6 Å². The number of rotatable bonds is 4. The zero-order valence-corrected chi connectivity index (χ0v) is 11.8. The number of carbonyl (C=O) groups excluding carboxylic acids is 2. The summed E-state index contributed by atoms with van der Waals surface area (Å²) in [6.07, 6.45) is 2.77. The summed E-state index contributed by atoms with van der Waals surface area (Å²) < 4.78 is 5.35. The number of aliphatic carboxylic acids is 1. The van der Waals surface area contributed by atoms with Gasteiger partial charge in [0.1, 0.15) is 12.2 Å². The molecule has 0 radical (unpaired) electrons. The van der Waals surface area contributed by atoms with Gasteiger partial charge < -0.3 is 9.84 Å². The summed E-state index contributed by atoms with van der Waals surface area (Å²) >= 11 is 1.36. The molecule has 2 atom stereocenters. The molecule has 2 fully saturated rings. The number of fused-ring (bicyclic) bond motifs is 2. The lowest BCUT2D eigenvalue weighted by atomic mass is 10.2. The first-order valence-corrected chi connectivity index (χ1v) is 7.36. The molecule has 2 bridgehead atoms. The molecule has 6 nitrogen and oxygen atoms in total. The van der Waals surface area contributed by atoms with Gasteiger partial charge in [-0.25, -0.2) is 4.79 Å². The number of carboxylic acid groups (broad SMARTS) is 1. The van der Waals surface area contributed by atoms with Gasteiger partial charge in [-0.05, 0) is 31.1 Å². The second-order valence-corrected chi connectivity index (χ2v) is 6.13. The zero-order valence-electron chi connectivity index (χ0n) is 11.0. The third-order valence-electron chi connectivity index (χ3n) is 3.49. The second-order valence-electron chi connectivity index (χ2n) is 4.93. The molecule has 0 spiro atoms. The van der Waals surface area contributed by atoms with E-state index in [1.54, 1.807) is 12.1 Å². The highest BCUT2D eigenvalue weighted by Crippen LogP contribution is 2.30. The molecule has 0 aliphatic carbocycles. The molecule has 1 aromatic heterocycles. The highest BCUT2D eigenvalue weighted by atomic mass is 32.1. The zero-order chi connectivity index (χ0) is 15.0. The molecule has 0 saturated carbocycles. The van der Waals surface area contributed by atoms with Crippen LogP contribution in [0.2, 0.25) is 0 Å². The molecular weight excluding hydrogens is 294 g/mol. The van der Waals surface area contributed by atoms with E-state index in [-0.39, 0.29) is 18.4 Å². The summed E-state index contributed by atoms with van der Waals surface area (Å²) in [4.78, 5) is 37.5. The largest absolute Gasteiger partial charge is 0.478 e. The maximum absolute atomic E-state index is 12.1. The molecule has 21 heavy (non-hydrogen) atoms. The maximum Gasteiger partial charge on any atom is 0.328 e. The van der Waals surface area contributed by atoms with Crippen molar-refractivity contribution in [3.05, 3.63) is 28.0 Å². The first-order valence-electron chi connectivity index (χ1n) is 6.55. The number of likely N-dealkylation sites (tertiary alicyclic amines) is 1. The van der Waals surface area contributed by atoms with Crippen molar-refractivity contribution in [2.24, 2.45) is 0 Å². The van der Waals surface area contributed by atoms with Crippen molar-refractivity contribution in [1.82, 2.24) is 4.90 Å². The molecule has 1 N–H and O–H groups in total. The summed E-state index contributed by atoms with van der Waals surface area (Å²) in [6.45, 7) is 0.222. The Labute approximate surface area is 124 Å². The molecule has 7 heteroatoms. The summed E-state index contributed by atoms with van der Waals surface area (Å²) in [7, 11) is 0. The van der Waals surface area contributed by atoms with Gasteiger partial charge in [-0.3, -0.25) is 14.5 Å². The smallest absolute Gasteiger partial charge is 0.328 e. The lowest BCUT2D eigenvalue weighted by molar-refractivity contribution is -0.169. The van der Waals surface area contributed by atoms with Crippen LogP contribution in [0.15, 0.2) is 18.2 Å². The monoisotopic (exact) mass is 307 g/mol. The van der Waals surface area contributed by atoms with Gasteiger partial charge >= 0.3 is 5.97 Å². The van der Waals surface area contributed by atoms with E-state index in [1.165, 1.54) is 22.3 Å². The topological polar surface area (TPSA) is 83.9 Å². The number of carboxylic acids is 1. The first-order chi connectivity index (χ1) is 10.0. The van der Waals surface area contributed by atoms with Crippen molar-refractivity contribution >= 4 is 35.2 Å². The number of imide groups is 1. The lowest BCUT2D eigenvalue weighted by Crippen LogP contribution is -2.51. The van der Waals surface area contributed by atoms with Gasteiger partial charge in [0.15, 0.2) is 0 Å². The van der Waals surface area contributed by atoms with Crippen molar-refractivity contribution in [3.8, 4) is 0 Å². The maximum atomic E-state index is 12.1. The number of hydrogen-bond acceptors (Lipinski definition) is 5. The number of carbonyl (C=O) groups is 3. The van der Waals surface area contributed by atoms with Crippen LogP contribution in [0.3, 0.4) is 0 Å². The fourth-order valence-electron chi connectivity index (χ4n) is 2.49. The first kappa shape index (κ1) is 14.0. The predicted molar refractivity (Wildman–Crippen MR) is 74.4 cm³/mol. The SMILES string of the molecule is O=C(O)/C=C/c1ccc(CN2C(=O)C3CCC(O3)C2=O)s1. The van der Waals surface area contributed by atoms with Gasteiger partial charge in [0, 0.05) is 15.8 Å². The van der Waals surface area contributed by atoms with E-state index in [0.29, 0.717) is 12.8 Å². The van der Waals surface area contributed by atoms with Crippen molar-refractivity contribution in [3.63, 3.8) is 0 Å². The van der Waals surface area contributed by atoms with Crippen LogP contribution < -0.4 is 0 Å². The van der Waals surface area contributed by atoms with Gasteiger partial charge in [-0.1, -0.05) is 0 Å². The molecule has 2 amide bonds. The number of ether oxygens (including phenoxy) is 1. The van der Waals surface area contributed by atoms with Crippen LogP contribution in [-0.2, 0) is 25.7 Å². The quantitative estimate of drug-likeness (QED) is 0.669. The van der Waals surface area contributed by atoms with Gasteiger partial charge in [0.2, 0.25) is 0 Å². The summed E-state index contributed by atoms with van der Waals surface area (Å²) in [6, 6.07) is 3.56. The van der Waals surface area contributed by atoms with Gasteiger partial charge in [-0.15, -0.1) is 11.3 Å². The number of morpholine rings is 1. The Hall–Kier alpha value is -1.99. The van der Waals surface area contributed by atoms with Crippen molar-refractivity contribution < 1.29 is 24.2 Å². The molecule has 2 aliphatic heterocycles. The normalized spacial score (nSPS) is 25.0. The van der Waals surface area contributed by atoms with E-state index in [2.05, 4.69) is 0 Å². The average Bonchev–Trinajstić information content (AvgIpc) is 3.07. The van der Waals surface area contributed by atoms with E-state index in [4.69, 9.17) is 9.84 Å². The standard InChI is InChI=1S/C14H13NO5S/c16-12(17)6-3-8-1-2-9(21-8)7-15-13(18)10-4-5-11(20-10)14(15)19/h1-3,6,10-11H,4-5,7H2,(H,16,17)/b6-3+. The predicted octanol–water partition coefficient (Wildman–Crippen LogP) is 1.26. The van der Waals surface area contributed by atoms with E-state index in [0.717, 1.165) is 15.8 Å². The third-order valence-corrected chi connectivity index (χ3v) is 4.52. The summed E-state index contributed by atoms with van der Waals surface area (Å²) in [5.74, 6) is -1.56. The Balaban J connectivity index is 1.73. The Morgan fingerprint density at radius 3 is 2.62 bits per heavy atom. The van der Waals surface area contributed by atoms with Crippen LogP contribution in [0.25, 0.3) is 6.08 Å². The molecule has 2 unspecified atom stereocenters. The number of amides is 2. The van der Waals surface area contributed by atoms with E-state index >= 15 is 0 Å². The minimum Gasteiger partial charge on any atom is -0.478 e. The molecule has 3 rings (SSSR count). The van der Waals surface area contributed by atoms with Gasteiger partial charge in [-0.2, -0.15) is 0 Å². The highest BCUT2D eigenvalue weighted by Gasteiger charge is 2.46. The van der Waals surface area contributed by atoms with Crippen LogP contribution in [0.5, 0.6) is 0 Å². The molecular formula is C14H13NO5S. The number of thiophene rings is 1. The molecule has 2 saturated heterocycles. The molecule has 2 aliphatic rings. The van der Waals surface area contributed by atoms with Crippen LogP contribution in [0, 0.1) is 0 Å². The fraction of sp³-hybridized carbons (Fsp3) is 0.357. The van der Waals surface area contributed by atoms with Crippen LogP contribution in [0.4, 0.5) is 0 Å². The minimum absolute atomic E-state index is 0.222. The van der Waals surface area contributed by atoms with Gasteiger partial charge in [0.05, 0.1) is 6.54 Å². The summed E-state index contributed by atoms with van der Waals surface area (Å²) in [5.41, 5.74) is 0. The van der Waals surface area contributed by atoms with Gasteiger partial charge in [0.25, 0.3) is 11.8 Å². The third kappa shape index (κ3) is 2.74. The summed E-state index contributed by atoms with van der Waals surface area (Å²) in [5, 5.41) is 8.58. The highest BCUT2D eigenvalue weighted by molar-refractivity contribution is 7.12. The molecule has 0 aromatic carbocycles. The average molecular weight is 307 g/mol. The molecule has 1 aromatic rings. The second kappa shape index (κ2) is 5.42. The number of nitrogens with zero attached hydrogens (tertiary/aromatic N) is 1. The Morgan fingerprint density at radius 2 is 2.00 bits per heavy atom. The Morgan fingerprint density at radius 1 is 1.33 bits per heavy atom. The fourth-order valence-corrected chi connectivity index (χ4v) is 3.40. The van der Waals surface area contributed by atoms with Crippen molar-refractivity contribution in [2.75, 3.05) is 0 Å². The Kier molecular flexibility index (Phi) is 3.60. The molecule has 3 heterocycles.